The topological polar surface area (TPSA) is 58.6 Å². The van der Waals surface area contributed by atoms with Gasteiger partial charge in [-0.25, -0.2) is 4.79 Å². The molecule has 1 aromatic carbocycles. The predicted octanol–water partition coefficient (Wildman–Crippen LogP) is 3.66. The average molecular weight is 329 g/mol. The SMILES string of the molecule is CC(O)(CNC(=O)OCc1ccccc1)C1=CCC2CC1C2(C)C. The number of alkyl carbamates (subject to hydrolysis) is 1. The van der Waals surface area contributed by atoms with Gasteiger partial charge in [0.1, 0.15) is 12.2 Å². The quantitative estimate of drug-likeness (QED) is 0.811. The summed E-state index contributed by atoms with van der Waals surface area (Å²) in [5, 5.41) is 13.6. The molecule has 1 fully saturated rings. The number of rotatable bonds is 5. The second kappa shape index (κ2) is 6.25. The zero-order valence-corrected chi connectivity index (χ0v) is 14.7. The minimum absolute atomic E-state index is 0.170. The van der Waals surface area contributed by atoms with Gasteiger partial charge in [-0.3, -0.25) is 0 Å². The normalized spacial score (nSPS) is 26.6. The number of carbonyl (C=O) groups excluding carboxylic acids is 1. The Bertz CT molecular complexity index is 634. The summed E-state index contributed by atoms with van der Waals surface area (Å²) >= 11 is 0. The highest BCUT2D eigenvalue weighted by Crippen LogP contribution is 2.60. The highest BCUT2D eigenvalue weighted by atomic mass is 16.5. The van der Waals surface area contributed by atoms with E-state index in [1.165, 1.54) is 0 Å². The first-order valence-corrected chi connectivity index (χ1v) is 8.68. The molecule has 2 bridgehead atoms. The largest absolute Gasteiger partial charge is 0.445 e. The van der Waals surface area contributed by atoms with Crippen molar-refractivity contribution in [2.45, 2.75) is 45.8 Å². The zero-order chi connectivity index (χ0) is 17.4. The summed E-state index contributed by atoms with van der Waals surface area (Å²) in [4.78, 5) is 11.9. The molecule has 2 N–H and O–H groups in total. The van der Waals surface area contributed by atoms with Crippen molar-refractivity contribution < 1.29 is 14.6 Å². The second-order valence-electron chi connectivity index (χ2n) is 7.89. The van der Waals surface area contributed by atoms with Crippen LogP contribution in [0.5, 0.6) is 0 Å². The number of ether oxygens (including phenoxy) is 1. The van der Waals surface area contributed by atoms with Crippen LogP contribution in [0.2, 0.25) is 0 Å². The molecule has 1 aromatic rings. The third kappa shape index (κ3) is 3.20. The number of nitrogens with one attached hydrogen (secondary N) is 1. The zero-order valence-electron chi connectivity index (χ0n) is 14.7. The van der Waals surface area contributed by atoms with Crippen molar-refractivity contribution in [1.82, 2.24) is 5.32 Å². The maximum atomic E-state index is 11.9. The number of amides is 1. The first kappa shape index (κ1) is 17.0. The molecular weight excluding hydrogens is 302 g/mol. The van der Waals surface area contributed by atoms with Gasteiger partial charge in [0.05, 0.1) is 6.54 Å². The monoisotopic (exact) mass is 329 g/mol. The van der Waals surface area contributed by atoms with Crippen molar-refractivity contribution in [1.29, 1.82) is 0 Å². The fourth-order valence-electron chi connectivity index (χ4n) is 4.07. The molecule has 1 amide bonds. The van der Waals surface area contributed by atoms with Crippen LogP contribution in [-0.4, -0.2) is 23.3 Å². The third-order valence-electron chi connectivity index (χ3n) is 5.88. The van der Waals surface area contributed by atoms with E-state index in [0.717, 1.165) is 29.9 Å². The van der Waals surface area contributed by atoms with Crippen LogP contribution in [0.25, 0.3) is 0 Å². The van der Waals surface area contributed by atoms with Crippen molar-refractivity contribution in [2.24, 2.45) is 17.3 Å². The van der Waals surface area contributed by atoms with Crippen LogP contribution < -0.4 is 5.32 Å². The number of benzene rings is 1. The molecule has 3 unspecified atom stereocenters. The molecule has 130 valence electrons. The van der Waals surface area contributed by atoms with Crippen LogP contribution in [0.3, 0.4) is 0 Å². The van der Waals surface area contributed by atoms with Crippen LogP contribution in [0.1, 0.15) is 39.2 Å². The van der Waals surface area contributed by atoms with Gasteiger partial charge in [-0.05, 0) is 48.2 Å². The van der Waals surface area contributed by atoms with Gasteiger partial charge in [0.2, 0.25) is 0 Å². The Balaban J connectivity index is 1.52. The van der Waals surface area contributed by atoms with Crippen LogP contribution >= 0.6 is 0 Å². The minimum Gasteiger partial charge on any atom is -0.445 e. The van der Waals surface area contributed by atoms with Crippen molar-refractivity contribution in [3.8, 4) is 0 Å². The second-order valence-corrected chi connectivity index (χ2v) is 7.89. The van der Waals surface area contributed by atoms with Gasteiger partial charge >= 0.3 is 6.09 Å². The summed E-state index contributed by atoms with van der Waals surface area (Å²) in [6.07, 6.45) is 3.84. The average Bonchev–Trinajstić information content (AvgIpc) is 2.59. The number of hydrogen-bond donors (Lipinski definition) is 2. The van der Waals surface area contributed by atoms with Crippen molar-refractivity contribution in [2.75, 3.05) is 6.54 Å². The van der Waals surface area contributed by atoms with Crippen LogP contribution in [0, 0.1) is 17.3 Å². The Morgan fingerprint density at radius 1 is 1.38 bits per heavy atom. The van der Waals surface area contributed by atoms with E-state index in [1.807, 2.05) is 30.3 Å². The molecule has 0 saturated heterocycles. The van der Waals surface area contributed by atoms with Crippen LogP contribution in [-0.2, 0) is 11.3 Å². The molecule has 1 saturated carbocycles. The third-order valence-corrected chi connectivity index (χ3v) is 5.88. The number of carbonyl (C=O) groups is 1. The van der Waals surface area contributed by atoms with Crippen LogP contribution in [0.4, 0.5) is 4.79 Å². The molecular formula is C20H27NO3. The van der Waals surface area contributed by atoms with E-state index in [0.29, 0.717) is 5.92 Å². The molecule has 4 nitrogen and oxygen atoms in total. The van der Waals surface area contributed by atoms with E-state index in [4.69, 9.17) is 4.74 Å². The number of hydrogen-bond acceptors (Lipinski definition) is 3. The Morgan fingerprint density at radius 3 is 2.71 bits per heavy atom. The molecule has 0 aliphatic heterocycles. The summed E-state index contributed by atoms with van der Waals surface area (Å²) in [7, 11) is 0. The van der Waals surface area contributed by atoms with Crippen LogP contribution in [0.15, 0.2) is 42.0 Å². The molecule has 0 radical (unpaired) electrons. The van der Waals surface area contributed by atoms with E-state index in [9.17, 15) is 9.90 Å². The van der Waals surface area contributed by atoms with E-state index in [-0.39, 0.29) is 18.6 Å². The maximum Gasteiger partial charge on any atom is 0.407 e. The van der Waals surface area contributed by atoms with Gasteiger partial charge in [0.15, 0.2) is 0 Å². The molecule has 24 heavy (non-hydrogen) atoms. The molecule has 4 rings (SSSR count). The van der Waals surface area contributed by atoms with Crippen molar-refractivity contribution in [3.05, 3.63) is 47.5 Å². The summed E-state index contributed by atoms with van der Waals surface area (Å²) in [6.45, 7) is 6.73. The number of aliphatic hydroxyl groups is 1. The lowest BCUT2D eigenvalue weighted by Crippen LogP contribution is -2.54. The standard InChI is InChI=1S/C20H27NO3/c1-19(2)15-9-10-16(17(19)11-15)20(3,23)13-21-18(22)24-12-14-7-5-4-6-8-14/h4-8,10,15,17,23H,9,11-13H2,1-3H3,(H,21,22). The van der Waals surface area contributed by atoms with Crippen molar-refractivity contribution >= 4 is 6.09 Å². The molecule has 3 aliphatic rings. The first-order valence-electron chi connectivity index (χ1n) is 8.68. The Morgan fingerprint density at radius 2 is 2.08 bits per heavy atom. The van der Waals surface area contributed by atoms with Gasteiger partial charge in [0.25, 0.3) is 0 Å². The fourth-order valence-corrected chi connectivity index (χ4v) is 4.07. The summed E-state index contributed by atoms with van der Waals surface area (Å²) in [6, 6.07) is 9.55. The Labute approximate surface area is 143 Å². The van der Waals surface area contributed by atoms with Gasteiger partial charge in [0, 0.05) is 0 Å². The molecule has 3 atom stereocenters. The lowest BCUT2D eigenvalue weighted by Gasteiger charge is -2.58. The van der Waals surface area contributed by atoms with E-state index >= 15 is 0 Å². The number of fused-ring (bicyclic) bond motifs is 1. The van der Waals surface area contributed by atoms with Gasteiger partial charge in [-0.2, -0.15) is 0 Å². The Kier molecular flexibility index (Phi) is 4.43. The molecule has 4 heteroatoms. The predicted molar refractivity (Wildman–Crippen MR) is 93.3 cm³/mol. The molecule has 0 aromatic heterocycles. The van der Waals surface area contributed by atoms with Crippen molar-refractivity contribution in [3.63, 3.8) is 0 Å². The summed E-state index contributed by atoms with van der Waals surface area (Å²) in [5.74, 6) is 1.14. The highest BCUT2D eigenvalue weighted by molar-refractivity contribution is 5.67. The summed E-state index contributed by atoms with van der Waals surface area (Å²) in [5.41, 5.74) is 1.23. The van der Waals surface area contributed by atoms with Gasteiger partial charge in [-0.15, -0.1) is 0 Å². The van der Waals surface area contributed by atoms with Gasteiger partial charge in [-0.1, -0.05) is 50.3 Å². The van der Waals surface area contributed by atoms with E-state index in [2.05, 4.69) is 25.2 Å². The maximum absolute atomic E-state index is 11.9. The smallest absolute Gasteiger partial charge is 0.407 e. The number of allylic oxidation sites excluding steroid dienone is 1. The van der Waals surface area contributed by atoms with E-state index < -0.39 is 11.7 Å². The van der Waals surface area contributed by atoms with E-state index in [1.54, 1.807) is 6.92 Å². The summed E-state index contributed by atoms with van der Waals surface area (Å²) < 4.78 is 5.21. The highest BCUT2D eigenvalue weighted by Gasteiger charge is 2.54. The first-order chi connectivity index (χ1) is 11.3. The lowest BCUT2D eigenvalue weighted by atomic mass is 9.47. The molecule has 3 aliphatic carbocycles. The van der Waals surface area contributed by atoms with Gasteiger partial charge < -0.3 is 15.2 Å². The Hall–Kier alpha value is -1.81. The molecule has 0 spiro atoms. The minimum atomic E-state index is -1.03. The fraction of sp³-hybridized carbons (Fsp3) is 0.550. The lowest BCUT2D eigenvalue weighted by molar-refractivity contribution is -0.0393. The molecule has 0 heterocycles.